The average Bonchev–Trinajstić information content (AvgIpc) is 2.46. The number of halogens is 2. The Balaban J connectivity index is 2.25. The van der Waals surface area contributed by atoms with Gasteiger partial charge >= 0.3 is 0 Å². The van der Waals surface area contributed by atoms with E-state index < -0.39 is 11.9 Å². The zero-order chi connectivity index (χ0) is 15.4. The van der Waals surface area contributed by atoms with Crippen LogP contribution in [-0.2, 0) is 6.61 Å². The molecule has 0 amide bonds. The third-order valence-corrected chi connectivity index (χ3v) is 3.23. The topological polar surface area (TPSA) is 53.2 Å². The minimum Gasteiger partial charge on any atom is -0.488 e. The highest BCUT2D eigenvalue weighted by Gasteiger charge is 2.11. The molecule has 0 saturated carbocycles. The molecule has 3 nitrogen and oxygen atoms in total. The van der Waals surface area contributed by atoms with Gasteiger partial charge in [-0.15, -0.1) is 0 Å². The highest BCUT2D eigenvalue weighted by atomic mass is 35.5. The first-order valence-corrected chi connectivity index (χ1v) is 6.68. The monoisotopic (exact) mass is 305 g/mol. The maximum atomic E-state index is 13.2. The summed E-state index contributed by atoms with van der Waals surface area (Å²) in [5.74, 6) is 0.0157. The van der Waals surface area contributed by atoms with Crippen molar-refractivity contribution in [1.82, 2.24) is 0 Å². The van der Waals surface area contributed by atoms with E-state index in [1.807, 2.05) is 6.07 Å². The van der Waals surface area contributed by atoms with E-state index in [1.165, 1.54) is 18.2 Å². The fourth-order valence-corrected chi connectivity index (χ4v) is 2.10. The first-order valence-electron chi connectivity index (χ1n) is 6.30. The number of aliphatic hydroxyl groups excluding tert-OH is 1. The molecule has 0 saturated heterocycles. The molecule has 0 radical (unpaired) electrons. The first kappa shape index (κ1) is 15.3. The summed E-state index contributed by atoms with van der Waals surface area (Å²) in [6.45, 7) is 1.63. The van der Waals surface area contributed by atoms with E-state index in [-0.39, 0.29) is 6.61 Å². The lowest BCUT2D eigenvalue weighted by molar-refractivity contribution is 0.190. The lowest BCUT2D eigenvalue weighted by Gasteiger charge is -2.14. The Labute approximate surface area is 127 Å². The lowest BCUT2D eigenvalue weighted by Crippen LogP contribution is -2.03. The summed E-state index contributed by atoms with van der Waals surface area (Å²) >= 11 is 5.89. The summed E-state index contributed by atoms with van der Waals surface area (Å²) in [4.78, 5) is 0. The molecule has 0 heterocycles. The molecule has 0 fully saturated rings. The molecule has 0 aromatic heterocycles. The molecular formula is C16H13ClFNO2. The number of hydrogen-bond acceptors (Lipinski definition) is 3. The molecule has 2 aromatic rings. The summed E-state index contributed by atoms with van der Waals surface area (Å²) in [7, 11) is 0. The van der Waals surface area contributed by atoms with Crippen LogP contribution in [0.25, 0.3) is 0 Å². The van der Waals surface area contributed by atoms with Crippen LogP contribution in [0.3, 0.4) is 0 Å². The number of benzene rings is 2. The van der Waals surface area contributed by atoms with E-state index in [1.54, 1.807) is 25.1 Å². The molecule has 0 aliphatic carbocycles. The second-order valence-electron chi connectivity index (χ2n) is 4.56. The fraction of sp³-hybridized carbons (Fsp3) is 0.188. The second kappa shape index (κ2) is 6.57. The third-order valence-electron chi connectivity index (χ3n) is 2.99. The standard InChI is InChI=1S/C16H13ClFNO2/c1-10(20)15-7-13(17)3-5-16(15)21-9-12-6-14(18)4-2-11(12)8-19/h2-7,10,20H,9H2,1H3. The van der Waals surface area contributed by atoms with Crippen LogP contribution in [-0.4, -0.2) is 5.11 Å². The van der Waals surface area contributed by atoms with Crippen molar-refractivity contribution in [3.63, 3.8) is 0 Å². The number of ether oxygens (including phenoxy) is 1. The van der Waals surface area contributed by atoms with Crippen LogP contribution < -0.4 is 4.74 Å². The van der Waals surface area contributed by atoms with Crippen LogP contribution >= 0.6 is 11.6 Å². The zero-order valence-corrected chi connectivity index (χ0v) is 12.1. The Bertz CT molecular complexity index is 695. The maximum Gasteiger partial charge on any atom is 0.125 e. The molecule has 5 heteroatoms. The van der Waals surface area contributed by atoms with Gasteiger partial charge in [0.25, 0.3) is 0 Å². The Morgan fingerprint density at radius 2 is 2.10 bits per heavy atom. The van der Waals surface area contributed by atoms with Crippen molar-refractivity contribution in [1.29, 1.82) is 5.26 Å². The largest absolute Gasteiger partial charge is 0.488 e. The van der Waals surface area contributed by atoms with Gasteiger partial charge in [-0.1, -0.05) is 11.6 Å². The Hall–Kier alpha value is -2.09. The van der Waals surface area contributed by atoms with E-state index in [0.29, 0.717) is 27.5 Å². The highest BCUT2D eigenvalue weighted by Crippen LogP contribution is 2.29. The van der Waals surface area contributed by atoms with Crippen LogP contribution in [0.15, 0.2) is 36.4 Å². The summed E-state index contributed by atoms with van der Waals surface area (Å²) in [6, 6.07) is 10.8. The van der Waals surface area contributed by atoms with E-state index in [9.17, 15) is 9.50 Å². The van der Waals surface area contributed by atoms with Crippen molar-refractivity contribution in [2.24, 2.45) is 0 Å². The normalized spacial score (nSPS) is 11.8. The van der Waals surface area contributed by atoms with Crippen molar-refractivity contribution < 1.29 is 14.2 Å². The third kappa shape index (κ3) is 3.72. The highest BCUT2D eigenvalue weighted by molar-refractivity contribution is 6.30. The number of nitrogens with zero attached hydrogens (tertiary/aromatic N) is 1. The molecule has 1 N–H and O–H groups in total. The molecule has 0 spiro atoms. The average molecular weight is 306 g/mol. The van der Waals surface area contributed by atoms with Gasteiger partial charge in [-0.05, 0) is 43.3 Å². The van der Waals surface area contributed by atoms with Crippen LogP contribution in [0.2, 0.25) is 5.02 Å². The van der Waals surface area contributed by atoms with Crippen LogP contribution in [0, 0.1) is 17.1 Å². The molecule has 1 atom stereocenters. The van der Waals surface area contributed by atoms with E-state index in [2.05, 4.69) is 0 Å². The van der Waals surface area contributed by atoms with Gasteiger partial charge < -0.3 is 9.84 Å². The SMILES string of the molecule is CC(O)c1cc(Cl)ccc1OCc1cc(F)ccc1C#N. The zero-order valence-electron chi connectivity index (χ0n) is 11.3. The van der Waals surface area contributed by atoms with Crippen molar-refractivity contribution in [3.8, 4) is 11.8 Å². The molecular weight excluding hydrogens is 293 g/mol. The molecule has 2 rings (SSSR count). The molecule has 108 valence electrons. The Morgan fingerprint density at radius 1 is 1.33 bits per heavy atom. The van der Waals surface area contributed by atoms with Gasteiger partial charge in [-0.25, -0.2) is 4.39 Å². The van der Waals surface area contributed by atoms with Gasteiger partial charge in [-0.3, -0.25) is 0 Å². The molecule has 0 aliphatic rings. The smallest absolute Gasteiger partial charge is 0.125 e. The second-order valence-corrected chi connectivity index (χ2v) is 5.00. The van der Waals surface area contributed by atoms with Crippen LogP contribution in [0.5, 0.6) is 5.75 Å². The molecule has 0 bridgehead atoms. The summed E-state index contributed by atoms with van der Waals surface area (Å²) in [5.41, 5.74) is 1.34. The predicted molar refractivity (Wildman–Crippen MR) is 77.5 cm³/mol. The molecule has 2 aromatic carbocycles. The first-order chi connectivity index (χ1) is 10.0. The summed E-state index contributed by atoms with van der Waals surface area (Å²) < 4.78 is 18.8. The van der Waals surface area contributed by atoms with Crippen molar-refractivity contribution in [2.45, 2.75) is 19.6 Å². The van der Waals surface area contributed by atoms with Gasteiger partial charge in [0.15, 0.2) is 0 Å². The molecule has 0 aliphatic heterocycles. The lowest BCUT2D eigenvalue weighted by atomic mass is 10.1. The maximum absolute atomic E-state index is 13.2. The Morgan fingerprint density at radius 3 is 2.76 bits per heavy atom. The van der Waals surface area contributed by atoms with E-state index in [4.69, 9.17) is 21.6 Å². The van der Waals surface area contributed by atoms with Crippen LogP contribution in [0.1, 0.15) is 29.7 Å². The number of nitriles is 1. The molecule has 1 unspecified atom stereocenters. The molecule has 21 heavy (non-hydrogen) atoms. The number of rotatable bonds is 4. The number of hydrogen-bond donors (Lipinski definition) is 1. The van der Waals surface area contributed by atoms with Crippen LogP contribution in [0.4, 0.5) is 4.39 Å². The van der Waals surface area contributed by atoms with Crippen molar-refractivity contribution in [3.05, 3.63) is 63.9 Å². The van der Waals surface area contributed by atoms with Gasteiger partial charge in [0.2, 0.25) is 0 Å². The predicted octanol–water partition coefficient (Wildman–Crippen LogP) is 3.98. The number of aliphatic hydroxyl groups is 1. The Kier molecular flexibility index (Phi) is 4.79. The summed E-state index contributed by atoms with van der Waals surface area (Å²) in [6.07, 6.45) is -0.748. The van der Waals surface area contributed by atoms with E-state index >= 15 is 0 Å². The van der Waals surface area contributed by atoms with E-state index in [0.717, 1.165) is 0 Å². The quantitative estimate of drug-likeness (QED) is 0.929. The minimum absolute atomic E-state index is 0.0298. The van der Waals surface area contributed by atoms with Gasteiger partial charge in [0.05, 0.1) is 17.7 Å². The fourth-order valence-electron chi connectivity index (χ4n) is 1.92. The van der Waals surface area contributed by atoms with Gasteiger partial charge in [0.1, 0.15) is 18.2 Å². The van der Waals surface area contributed by atoms with Gasteiger partial charge in [0, 0.05) is 16.1 Å². The minimum atomic E-state index is -0.748. The summed E-state index contributed by atoms with van der Waals surface area (Å²) in [5, 5.41) is 19.2. The van der Waals surface area contributed by atoms with Crippen molar-refractivity contribution in [2.75, 3.05) is 0 Å². The van der Waals surface area contributed by atoms with Crippen molar-refractivity contribution >= 4 is 11.6 Å². The van der Waals surface area contributed by atoms with Gasteiger partial charge in [-0.2, -0.15) is 5.26 Å².